The number of carbonyl (C=O) groups is 1. The molecule has 1 rings (SSSR count). The number of amides is 1. The number of alkyl halides is 3. The van der Waals surface area contributed by atoms with Crippen molar-refractivity contribution in [1.29, 1.82) is 0 Å². The first-order valence-electron chi connectivity index (χ1n) is 6.66. The van der Waals surface area contributed by atoms with Crippen LogP contribution in [0.3, 0.4) is 0 Å². The van der Waals surface area contributed by atoms with Gasteiger partial charge in [0.25, 0.3) is 5.91 Å². The van der Waals surface area contributed by atoms with E-state index < -0.39 is 24.7 Å². The number of halogens is 3. The minimum Gasteiger partial charge on any atom is -0.391 e. The fourth-order valence-electron chi connectivity index (χ4n) is 2.03. The minimum atomic E-state index is -4.39. The Balaban J connectivity index is 2.59. The van der Waals surface area contributed by atoms with Crippen LogP contribution in [0.5, 0.6) is 0 Å². The smallest absolute Gasteiger partial charge is 0.391 e. The fraction of sp³-hybridized carbons (Fsp3) is 0.643. The van der Waals surface area contributed by atoms with E-state index in [0.717, 1.165) is 4.57 Å². The van der Waals surface area contributed by atoms with Crippen molar-refractivity contribution in [3.8, 4) is 0 Å². The van der Waals surface area contributed by atoms with Gasteiger partial charge in [-0.05, 0) is 24.0 Å². The lowest BCUT2D eigenvalue weighted by Gasteiger charge is -2.22. The molecule has 2 N–H and O–H groups in total. The summed E-state index contributed by atoms with van der Waals surface area (Å²) in [5, 5.41) is 12.2. The van der Waals surface area contributed by atoms with Gasteiger partial charge in [-0.25, -0.2) is 0 Å². The molecule has 1 atom stereocenters. The zero-order chi connectivity index (χ0) is 16.3. The third-order valence-corrected chi connectivity index (χ3v) is 2.76. The summed E-state index contributed by atoms with van der Waals surface area (Å²) in [5.74, 6) is -0.628. The Morgan fingerprint density at radius 3 is 2.52 bits per heavy atom. The number of aliphatic hydroxyl groups excluding tert-OH is 1. The zero-order valence-corrected chi connectivity index (χ0v) is 12.4. The van der Waals surface area contributed by atoms with Gasteiger partial charge in [-0.15, -0.1) is 0 Å². The molecule has 0 fully saturated rings. The standard InChI is InChI=1S/C14H21F3N2O2/c1-13(2,3)7-10(20)8-18-12(21)11-5-4-6-19(11)9-14(15,16)17/h4-6,10,20H,7-9H2,1-3H3,(H,18,21). The molecule has 1 aromatic heterocycles. The number of aromatic nitrogens is 1. The molecule has 120 valence electrons. The Labute approximate surface area is 122 Å². The summed E-state index contributed by atoms with van der Waals surface area (Å²) < 4.78 is 37.9. The molecular formula is C14H21F3N2O2. The Hall–Kier alpha value is -1.50. The summed E-state index contributed by atoms with van der Waals surface area (Å²) in [4.78, 5) is 11.9. The van der Waals surface area contributed by atoms with Crippen molar-refractivity contribution >= 4 is 5.91 Å². The van der Waals surface area contributed by atoms with E-state index in [1.54, 1.807) is 0 Å². The van der Waals surface area contributed by atoms with E-state index in [4.69, 9.17) is 0 Å². The average molecular weight is 306 g/mol. The first-order chi connectivity index (χ1) is 9.48. The van der Waals surface area contributed by atoms with Crippen molar-refractivity contribution in [3.63, 3.8) is 0 Å². The fourth-order valence-corrected chi connectivity index (χ4v) is 2.03. The van der Waals surface area contributed by atoms with Gasteiger partial charge >= 0.3 is 6.18 Å². The molecule has 0 radical (unpaired) electrons. The molecule has 1 amide bonds. The Kier molecular flexibility index (Phi) is 5.44. The molecule has 0 bridgehead atoms. The number of aliphatic hydroxyl groups is 1. The molecule has 0 saturated carbocycles. The highest BCUT2D eigenvalue weighted by Gasteiger charge is 2.29. The molecule has 0 aromatic carbocycles. The van der Waals surface area contributed by atoms with Crippen LogP contribution in [0.15, 0.2) is 18.3 Å². The predicted molar refractivity (Wildman–Crippen MR) is 72.9 cm³/mol. The van der Waals surface area contributed by atoms with Gasteiger partial charge in [-0.3, -0.25) is 4.79 Å². The molecule has 0 aliphatic rings. The maximum Gasteiger partial charge on any atom is 0.406 e. The van der Waals surface area contributed by atoms with Crippen molar-refractivity contribution in [2.45, 2.75) is 46.0 Å². The van der Waals surface area contributed by atoms with Crippen molar-refractivity contribution in [2.75, 3.05) is 6.54 Å². The van der Waals surface area contributed by atoms with Crippen LogP contribution in [0.2, 0.25) is 0 Å². The Morgan fingerprint density at radius 1 is 1.38 bits per heavy atom. The number of nitrogens with one attached hydrogen (secondary N) is 1. The highest BCUT2D eigenvalue weighted by atomic mass is 19.4. The van der Waals surface area contributed by atoms with E-state index in [1.807, 2.05) is 20.8 Å². The van der Waals surface area contributed by atoms with Gasteiger partial charge in [0.05, 0.1) is 6.10 Å². The molecular weight excluding hydrogens is 285 g/mol. The first kappa shape index (κ1) is 17.6. The first-order valence-corrected chi connectivity index (χ1v) is 6.66. The van der Waals surface area contributed by atoms with Gasteiger partial charge in [0.2, 0.25) is 0 Å². The third-order valence-electron chi connectivity index (χ3n) is 2.76. The van der Waals surface area contributed by atoms with Crippen LogP contribution in [0, 0.1) is 5.41 Å². The SMILES string of the molecule is CC(C)(C)CC(O)CNC(=O)c1cccn1CC(F)(F)F. The highest BCUT2D eigenvalue weighted by Crippen LogP contribution is 2.21. The monoisotopic (exact) mass is 306 g/mol. The maximum absolute atomic E-state index is 12.4. The second kappa shape index (κ2) is 6.51. The van der Waals surface area contributed by atoms with E-state index in [1.165, 1.54) is 18.3 Å². The van der Waals surface area contributed by atoms with Crippen molar-refractivity contribution < 1.29 is 23.1 Å². The number of rotatable bonds is 5. The van der Waals surface area contributed by atoms with Gasteiger partial charge in [0, 0.05) is 12.7 Å². The number of carbonyl (C=O) groups excluding carboxylic acids is 1. The quantitative estimate of drug-likeness (QED) is 0.878. The summed E-state index contributed by atoms with van der Waals surface area (Å²) in [7, 11) is 0. The third kappa shape index (κ3) is 6.66. The number of hydrogen-bond acceptors (Lipinski definition) is 2. The molecule has 21 heavy (non-hydrogen) atoms. The molecule has 1 aromatic rings. The van der Waals surface area contributed by atoms with E-state index in [0.29, 0.717) is 6.42 Å². The normalized spacial score (nSPS) is 14.0. The topological polar surface area (TPSA) is 54.3 Å². The summed E-state index contributed by atoms with van der Waals surface area (Å²) in [6, 6.07) is 2.70. The van der Waals surface area contributed by atoms with Crippen molar-refractivity contribution in [3.05, 3.63) is 24.0 Å². The van der Waals surface area contributed by atoms with Crippen molar-refractivity contribution in [1.82, 2.24) is 9.88 Å². The summed E-state index contributed by atoms with van der Waals surface area (Å²) in [5.41, 5.74) is -0.170. The second-order valence-corrected chi connectivity index (χ2v) is 6.27. The predicted octanol–water partition coefficient (Wildman–Crippen LogP) is 2.58. The van der Waals surface area contributed by atoms with Crippen LogP contribution in [-0.2, 0) is 6.54 Å². The zero-order valence-electron chi connectivity index (χ0n) is 12.4. The summed E-state index contributed by atoms with van der Waals surface area (Å²) in [6.07, 6.45) is -3.44. The molecule has 4 nitrogen and oxygen atoms in total. The van der Waals surface area contributed by atoms with Gasteiger partial charge in [0.15, 0.2) is 0 Å². The Morgan fingerprint density at radius 2 is 2.00 bits per heavy atom. The molecule has 7 heteroatoms. The van der Waals surface area contributed by atoms with Gasteiger partial charge in [0.1, 0.15) is 12.2 Å². The van der Waals surface area contributed by atoms with E-state index in [2.05, 4.69) is 5.32 Å². The lowest BCUT2D eigenvalue weighted by atomic mass is 9.89. The van der Waals surface area contributed by atoms with E-state index in [9.17, 15) is 23.1 Å². The summed E-state index contributed by atoms with van der Waals surface area (Å²) in [6.45, 7) is 4.65. The molecule has 1 unspecified atom stereocenters. The van der Waals surface area contributed by atoms with Crippen molar-refractivity contribution in [2.24, 2.45) is 5.41 Å². The highest BCUT2D eigenvalue weighted by molar-refractivity contribution is 5.92. The molecule has 0 aliphatic carbocycles. The van der Waals surface area contributed by atoms with E-state index >= 15 is 0 Å². The largest absolute Gasteiger partial charge is 0.406 e. The van der Waals surface area contributed by atoms with Crippen LogP contribution in [0.4, 0.5) is 13.2 Å². The molecule has 0 aliphatic heterocycles. The van der Waals surface area contributed by atoms with Crippen LogP contribution in [0.25, 0.3) is 0 Å². The molecule has 1 heterocycles. The van der Waals surface area contributed by atoms with Crippen LogP contribution in [-0.4, -0.2) is 34.4 Å². The lowest BCUT2D eigenvalue weighted by molar-refractivity contribution is -0.140. The van der Waals surface area contributed by atoms with Gasteiger partial charge < -0.3 is 15.0 Å². The minimum absolute atomic E-state index is 0.00724. The maximum atomic E-state index is 12.4. The summed E-state index contributed by atoms with van der Waals surface area (Å²) >= 11 is 0. The van der Waals surface area contributed by atoms with Crippen LogP contribution in [0.1, 0.15) is 37.7 Å². The van der Waals surface area contributed by atoms with Gasteiger partial charge in [-0.2, -0.15) is 13.2 Å². The van der Waals surface area contributed by atoms with E-state index in [-0.39, 0.29) is 17.7 Å². The average Bonchev–Trinajstić information content (AvgIpc) is 2.69. The molecule has 0 saturated heterocycles. The number of nitrogens with zero attached hydrogens (tertiary/aromatic N) is 1. The van der Waals surface area contributed by atoms with Crippen LogP contribution < -0.4 is 5.32 Å². The second-order valence-electron chi connectivity index (χ2n) is 6.27. The molecule has 0 spiro atoms. The lowest BCUT2D eigenvalue weighted by Crippen LogP contribution is -2.35. The Bertz CT molecular complexity index is 475. The van der Waals surface area contributed by atoms with Gasteiger partial charge in [-0.1, -0.05) is 20.8 Å². The van der Waals surface area contributed by atoms with Crippen LogP contribution >= 0.6 is 0 Å². The number of hydrogen-bond donors (Lipinski definition) is 2.